The molecule has 0 N–H and O–H groups in total. The van der Waals surface area contributed by atoms with Crippen LogP contribution >= 0.6 is 0 Å². The van der Waals surface area contributed by atoms with Gasteiger partial charge in [0.1, 0.15) is 6.04 Å². The largest absolute Gasteiger partial charge is 0.468 e. The molecule has 0 aromatic carbocycles. The molecule has 82 valence electrons. The number of carbonyl (C=O) groups excluding carboxylic acids is 1. The van der Waals surface area contributed by atoms with E-state index < -0.39 is 25.0 Å². The summed E-state index contributed by atoms with van der Waals surface area (Å²) in [6.07, 6.45) is -2.44. The Balaban J connectivity index is 2.54. The molecule has 1 aliphatic rings. The van der Waals surface area contributed by atoms with Crippen molar-refractivity contribution in [2.45, 2.75) is 12.5 Å². The molecule has 0 aromatic heterocycles. The number of ether oxygens (including phenoxy) is 2. The van der Waals surface area contributed by atoms with Gasteiger partial charge in [0, 0.05) is 6.54 Å². The first kappa shape index (κ1) is 11.3. The van der Waals surface area contributed by atoms with E-state index in [-0.39, 0.29) is 6.61 Å². The summed E-state index contributed by atoms with van der Waals surface area (Å²) in [6.45, 7) is 0.423. The van der Waals surface area contributed by atoms with Crippen molar-refractivity contribution in [2.75, 3.05) is 33.4 Å². The highest BCUT2D eigenvalue weighted by Crippen LogP contribution is 2.10. The highest BCUT2D eigenvalue weighted by molar-refractivity contribution is 5.75. The third kappa shape index (κ3) is 2.88. The lowest BCUT2D eigenvalue weighted by Crippen LogP contribution is -2.51. The first-order chi connectivity index (χ1) is 6.65. The average molecular weight is 209 g/mol. The number of alkyl halides is 2. The molecular weight excluding hydrogens is 196 g/mol. The number of methoxy groups -OCH3 is 1. The van der Waals surface area contributed by atoms with Gasteiger partial charge in [0.25, 0.3) is 6.43 Å². The summed E-state index contributed by atoms with van der Waals surface area (Å²) in [5.41, 5.74) is 0. The zero-order valence-corrected chi connectivity index (χ0v) is 7.91. The van der Waals surface area contributed by atoms with Crippen molar-refractivity contribution >= 4 is 5.97 Å². The van der Waals surface area contributed by atoms with Crippen molar-refractivity contribution in [3.63, 3.8) is 0 Å². The highest BCUT2D eigenvalue weighted by Gasteiger charge is 2.31. The standard InChI is InChI=1S/C8H13F2NO3/c1-13-8(12)6-5-14-3-2-11(6)4-7(9)10/h6-7H,2-5H2,1H3/t6-/m0/s1. The van der Waals surface area contributed by atoms with Gasteiger partial charge in [-0.3, -0.25) is 9.69 Å². The molecule has 4 nitrogen and oxygen atoms in total. The third-order valence-corrected chi connectivity index (χ3v) is 2.09. The Morgan fingerprint density at radius 2 is 2.43 bits per heavy atom. The van der Waals surface area contributed by atoms with Gasteiger partial charge in [0.2, 0.25) is 0 Å². The SMILES string of the molecule is COC(=O)[C@@H]1COCCN1CC(F)F. The van der Waals surface area contributed by atoms with E-state index in [9.17, 15) is 13.6 Å². The summed E-state index contributed by atoms with van der Waals surface area (Å²) >= 11 is 0. The fourth-order valence-electron chi connectivity index (χ4n) is 1.39. The van der Waals surface area contributed by atoms with Gasteiger partial charge >= 0.3 is 5.97 Å². The Bertz CT molecular complexity index is 201. The highest BCUT2D eigenvalue weighted by atomic mass is 19.3. The minimum Gasteiger partial charge on any atom is -0.468 e. The molecule has 1 rings (SSSR count). The van der Waals surface area contributed by atoms with Crippen LogP contribution in [0.3, 0.4) is 0 Å². The van der Waals surface area contributed by atoms with Gasteiger partial charge in [-0.1, -0.05) is 0 Å². The third-order valence-electron chi connectivity index (χ3n) is 2.09. The van der Waals surface area contributed by atoms with Gasteiger partial charge in [-0.2, -0.15) is 0 Å². The van der Waals surface area contributed by atoms with Crippen molar-refractivity contribution in [2.24, 2.45) is 0 Å². The van der Waals surface area contributed by atoms with Crippen LogP contribution < -0.4 is 0 Å². The number of nitrogens with zero attached hydrogens (tertiary/aromatic N) is 1. The number of morpholine rings is 1. The minimum absolute atomic E-state index is 0.124. The molecule has 1 atom stereocenters. The van der Waals surface area contributed by atoms with Crippen molar-refractivity contribution < 1.29 is 23.0 Å². The summed E-state index contributed by atoms with van der Waals surface area (Å²) in [5.74, 6) is -0.523. The minimum atomic E-state index is -2.44. The quantitative estimate of drug-likeness (QED) is 0.619. The Kier molecular flexibility index (Phi) is 4.21. The van der Waals surface area contributed by atoms with Crippen LogP contribution in [0.5, 0.6) is 0 Å². The number of rotatable bonds is 3. The van der Waals surface area contributed by atoms with Crippen LogP contribution in [0.25, 0.3) is 0 Å². The molecule has 0 saturated carbocycles. The molecular formula is C8H13F2NO3. The molecule has 0 aliphatic carbocycles. The molecule has 1 saturated heterocycles. The van der Waals surface area contributed by atoms with E-state index in [2.05, 4.69) is 4.74 Å². The van der Waals surface area contributed by atoms with Gasteiger partial charge < -0.3 is 9.47 Å². The summed E-state index contributed by atoms with van der Waals surface area (Å²) in [5, 5.41) is 0. The lowest BCUT2D eigenvalue weighted by molar-refractivity contribution is -0.154. The first-order valence-corrected chi connectivity index (χ1v) is 4.33. The smallest absolute Gasteiger partial charge is 0.325 e. The predicted molar refractivity (Wildman–Crippen MR) is 44.2 cm³/mol. The van der Waals surface area contributed by atoms with E-state index in [4.69, 9.17) is 4.74 Å². The molecule has 1 fully saturated rings. The van der Waals surface area contributed by atoms with Crippen LogP contribution in [-0.4, -0.2) is 56.7 Å². The molecule has 1 aliphatic heterocycles. The second-order valence-electron chi connectivity index (χ2n) is 3.00. The topological polar surface area (TPSA) is 38.8 Å². The average Bonchev–Trinajstić information content (AvgIpc) is 2.16. The molecule has 0 spiro atoms. The van der Waals surface area contributed by atoms with Gasteiger partial charge in [-0.15, -0.1) is 0 Å². The Morgan fingerprint density at radius 3 is 3.00 bits per heavy atom. The summed E-state index contributed by atoms with van der Waals surface area (Å²) in [7, 11) is 1.23. The molecule has 0 aromatic rings. The Morgan fingerprint density at radius 1 is 1.71 bits per heavy atom. The first-order valence-electron chi connectivity index (χ1n) is 4.33. The maximum Gasteiger partial charge on any atom is 0.325 e. The van der Waals surface area contributed by atoms with Gasteiger partial charge in [-0.05, 0) is 0 Å². The lowest BCUT2D eigenvalue weighted by atomic mass is 10.2. The predicted octanol–water partition coefficient (Wildman–Crippen LogP) is 0.125. The number of carbonyl (C=O) groups is 1. The van der Waals surface area contributed by atoms with Crippen molar-refractivity contribution in [3.05, 3.63) is 0 Å². The summed E-state index contributed by atoms with van der Waals surface area (Å²) in [6, 6.07) is -0.692. The molecule has 6 heteroatoms. The summed E-state index contributed by atoms with van der Waals surface area (Å²) < 4.78 is 33.8. The van der Waals surface area contributed by atoms with Crippen molar-refractivity contribution in [3.8, 4) is 0 Å². The van der Waals surface area contributed by atoms with E-state index in [1.165, 1.54) is 12.0 Å². The fraction of sp³-hybridized carbons (Fsp3) is 0.875. The molecule has 1 heterocycles. The van der Waals surface area contributed by atoms with Crippen molar-refractivity contribution in [1.82, 2.24) is 4.90 Å². The molecule has 14 heavy (non-hydrogen) atoms. The van der Waals surface area contributed by atoms with E-state index in [1.54, 1.807) is 0 Å². The fourth-order valence-corrected chi connectivity index (χ4v) is 1.39. The van der Waals surface area contributed by atoms with Gasteiger partial charge in [0.05, 0.1) is 26.9 Å². The Hall–Kier alpha value is -0.750. The zero-order chi connectivity index (χ0) is 10.6. The molecule has 0 bridgehead atoms. The maximum atomic E-state index is 12.1. The Labute approximate surface area is 80.8 Å². The maximum absolute atomic E-state index is 12.1. The van der Waals surface area contributed by atoms with Crippen LogP contribution in [0.15, 0.2) is 0 Å². The molecule has 0 unspecified atom stereocenters. The van der Waals surface area contributed by atoms with Crippen LogP contribution in [0.4, 0.5) is 8.78 Å². The zero-order valence-electron chi connectivity index (χ0n) is 7.91. The second-order valence-corrected chi connectivity index (χ2v) is 3.00. The second kappa shape index (κ2) is 5.21. The van der Waals surface area contributed by atoms with E-state index in [0.717, 1.165) is 0 Å². The van der Waals surface area contributed by atoms with E-state index >= 15 is 0 Å². The van der Waals surface area contributed by atoms with Crippen LogP contribution in [0.1, 0.15) is 0 Å². The normalized spacial score (nSPS) is 23.9. The number of esters is 1. The number of hydrogen-bond donors (Lipinski definition) is 0. The van der Waals surface area contributed by atoms with Crippen LogP contribution in [0, 0.1) is 0 Å². The van der Waals surface area contributed by atoms with E-state index in [1.807, 2.05) is 0 Å². The lowest BCUT2D eigenvalue weighted by Gasteiger charge is -2.33. The van der Waals surface area contributed by atoms with Crippen molar-refractivity contribution in [1.29, 1.82) is 0 Å². The number of halogens is 2. The van der Waals surface area contributed by atoms with Gasteiger partial charge in [0.15, 0.2) is 0 Å². The summed E-state index contributed by atoms with van der Waals surface area (Å²) in [4.78, 5) is 12.6. The van der Waals surface area contributed by atoms with Gasteiger partial charge in [-0.25, -0.2) is 8.78 Å². The number of hydrogen-bond acceptors (Lipinski definition) is 4. The van der Waals surface area contributed by atoms with Crippen LogP contribution in [-0.2, 0) is 14.3 Å². The molecule has 0 radical (unpaired) electrons. The monoisotopic (exact) mass is 209 g/mol. The molecule has 0 amide bonds. The van der Waals surface area contributed by atoms with Crippen LogP contribution in [0.2, 0.25) is 0 Å². The van der Waals surface area contributed by atoms with E-state index in [0.29, 0.717) is 13.2 Å².